The maximum Gasteiger partial charge on any atom is 0.269 e. The van der Waals surface area contributed by atoms with E-state index in [1.807, 2.05) is 30.3 Å². The first kappa shape index (κ1) is 14.1. The van der Waals surface area contributed by atoms with Crippen LogP contribution in [0.15, 0.2) is 59.6 Å². The molecule has 116 valence electrons. The number of nitrogens with zero attached hydrogens (tertiary/aromatic N) is 3. The van der Waals surface area contributed by atoms with E-state index in [2.05, 4.69) is 30.9 Å². The number of hydrogen-bond donors (Lipinski definition) is 0. The van der Waals surface area contributed by atoms with Crippen LogP contribution >= 0.6 is 0 Å². The normalized spacial score (nSPS) is 27.2. The van der Waals surface area contributed by atoms with Crippen molar-refractivity contribution in [3.63, 3.8) is 0 Å². The Morgan fingerprint density at radius 2 is 1.70 bits per heavy atom. The third-order valence-electron chi connectivity index (χ3n) is 4.63. The second kappa shape index (κ2) is 4.73. The Labute approximate surface area is 134 Å². The van der Waals surface area contributed by atoms with Gasteiger partial charge in [0.2, 0.25) is 0 Å². The van der Waals surface area contributed by atoms with Gasteiger partial charge in [0.1, 0.15) is 5.66 Å². The summed E-state index contributed by atoms with van der Waals surface area (Å²) in [5, 5.41) is 10.8. The van der Waals surface area contributed by atoms with Gasteiger partial charge in [0.15, 0.2) is 0 Å². The lowest BCUT2D eigenvalue weighted by molar-refractivity contribution is -0.384. The Kier molecular flexibility index (Phi) is 2.90. The van der Waals surface area contributed by atoms with Crippen molar-refractivity contribution in [3.8, 4) is 0 Å². The van der Waals surface area contributed by atoms with E-state index in [1.54, 1.807) is 12.1 Å². The van der Waals surface area contributed by atoms with Gasteiger partial charge in [-0.1, -0.05) is 42.5 Å². The Morgan fingerprint density at radius 3 is 2.30 bits per heavy atom. The number of rotatable bonds is 3. The molecule has 3 atom stereocenters. The summed E-state index contributed by atoms with van der Waals surface area (Å²) in [5.74, 6) is 0. The maximum atomic E-state index is 10.8. The molecule has 1 unspecified atom stereocenters. The van der Waals surface area contributed by atoms with Crippen LogP contribution in [0.4, 0.5) is 5.69 Å². The van der Waals surface area contributed by atoms with Gasteiger partial charge in [0.05, 0.1) is 22.7 Å². The summed E-state index contributed by atoms with van der Waals surface area (Å²) in [4.78, 5) is 17.7. The Morgan fingerprint density at radius 1 is 1.04 bits per heavy atom. The summed E-state index contributed by atoms with van der Waals surface area (Å²) in [6.07, 6.45) is 0. The van der Waals surface area contributed by atoms with Gasteiger partial charge < -0.3 is 0 Å². The number of nitro groups is 1. The molecule has 0 bridgehead atoms. The minimum absolute atomic E-state index is 0.130. The zero-order valence-corrected chi connectivity index (χ0v) is 13.0. The minimum atomic E-state index is -0.363. The van der Waals surface area contributed by atoms with Crippen molar-refractivity contribution in [3.05, 3.63) is 75.8 Å². The molecule has 4 rings (SSSR count). The second-order valence-corrected chi connectivity index (χ2v) is 6.50. The first-order chi connectivity index (χ1) is 11.0. The topological polar surface area (TPSA) is 58.5 Å². The van der Waals surface area contributed by atoms with Gasteiger partial charge in [0.25, 0.3) is 5.69 Å². The lowest BCUT2D eigenvalue weighted by Gasteiger charge is -2.20. The van der Waals surface area contributed by atoms with Crippen molar-refractivity contribution in [2.45, 2.75) is 31.6 Å². The molecule has 0 amide bonds. The molecule has 1 saturated heterocycles. The van der Waals surface area contributed by atoms with E-state index < -0.39 is 0 Å². The molecule has 1 fully saturated rings. The number of non-ortho nitro benzene ring substituents is 1. The fraction of sp³-hybridized carbons (Fsp3) is 0.278. The van der Waals surface area contributed by atoms with Crippen LogP contribution in [0.5, 0.6) is 0 Å². The number of nitro benzene ring substituents is 1. The average molecular weight is 307 g/mol. The van der Waals surface area contributed by atoms with Gasteiger partial charge in [-0.05, 0) is 25.0 Å². The predicted octanol–water partition coefficient (Wildman–Crippen LogP) is 3.56. The van der Waals surface area contributed by atoms with E-state index in [0.717, 1.165) is 16.8 Å². The lowest BCUT2D eigenvalue weighted by atomic mass is 10.0. The molecule has 2 aliphatic rings. The number of benzene rings is 2. The largest absolute Gasteiger partial charge is 0.269 e. The van der Waals surface area contributed by atoms with Crippen LogP contribution in [0.25, 0.3) is 0 Å². The van der Waals surface area contributed by atoms with E-state index in [4.69, 9.17) is 4.99 Å². The zero-order valence-electron chi connectivity index (χ0n) is 13.0. The first-order valence-electron chi connectivity index (χ1n) is 7.67. The van der Waals surface area contributed by atoms with Crippen molar-refractivity contribution >= 4 is 11.4 Å². The van der Waals surface area contributed by atoms with Crippen molar-refractivity contribution in [2.24, 2.45) is 4.99 Å². The summed E-state index contributed by atoms with van der Waals surface area (Å²) >= 11 is 0. The molecule has 0 saturated carbocycles. The molecule has 0 N–H and O–H groups in total. The van der Waals surface area contributed by atoms with Crippen LogP contribution in [-0.2, 0) is 0 Å². The Hall–Kier alpha value is -2.53. The summed E-state index contributed by atoms with van der Waals surface area (Å²) < 4.78 is 0. The SMILES string of the molecule is CC1(C)N=C(c2ccccc2)[C@@H]2[C@H](c3ccc([N+](=O)[O-])cc3)N21. The molecule has 5 heteroatoms. The molecule has 2 heterocycles. The zero-order chi connectivity index (χ0) is 16.2. The van der Waals surface area contributed by atoms with E-state index in [0.29, 0.717) is 0 Å². The van der Waals surface area contributed by atoms with Crippen LogP contribution in [0, 0.1) is 10.1 Å². The maximum absolute atomic E-state index is 10.8. The summed E-state index contributed by atoms with van der Waals surface area (Å²) in [5.41, 5.74) is 3.25. The van der Waals surface area contributed by atoms with E-state index in [-0.39, 0.29) is 28.4 Å². The van der Waals surface area contributed by atoms with Crippen LogP contribution < -0.4 is 0 Å². The molecular formula is C18H17N3O2. The Balaban J connectivity index is 1.67. The third-order valence-corrected chi connectivity index (χ3v) is 4.63. The van der Waals surface area contributed by atoms with Crippen LogP contribution in [0.2, 0.25) is 0 Å². The van der Waals surface area contributed by atoms with Gasteiger partial charge in [-0.25, -0.2) is 0 Å². The highest BCUT2D eigenvalue weighted by atomic mass is 16.6. The molecule has 2 aromatic rings. The molecule has 0 aliphatic carbocycles. The molecule has 2 aromatic carbocycles. The summed E-state index contributed by atoms with van der Waals surface area (Å²) in [6.45, 7) is 4.22. The van der Waals surface area contributed by atoms with Crippen LogP contribution in [0.3, 0.4) is 0 Å². The fourth-order valence-electron chi connectivity index (χ4n) is 3.59. The van der Waals surface area contributed by atoms with Crippen LogP contribution in [0.1, 0.15) is 31.0 Å². The smallest absolute Gasteiger partial charge is 0.266 e. The third kappa shape index (κ3) is 2.16. The summed E-state index contributed by atoms with van der Waals surface area (Å²) in [6, 6.07) is 17.6. The monoisotopic (exact) mass is 307 g/mol. The van der Waals surface area contributed by atoms with Gasteiger partial charge >= 0.3 is 0 Å². The quantitative estimate of drug-likeness (QED) is 0.495. The first-order valence-corrected chi connectivity index (χ1v) is 7.67. The van der Waals surface area contributed by atoms with Crippen molar-refractivity contribution < 1.29 is 4.92 Å². The van der Waals surface area contributed by atoms with Crippen molar-refractivity contribution in [1.82, 2.24) is 4.90 Å². The van der Waals surface area contributed by atoms with Gasteiger partial charge in [0, 0.05) is 12.1 Å². The number of fused-ring (bicyclic) bond motifs is 1. The Bertz CT molecular complexity index is 797. The number of aliphatic imine (C=N–C) groups is 1. The van der Waals surface area contributed by atoms with Gasteiger partial charge in [-0.3, -0.25) is 20.0 Å². The molecule has 0 aromatic heterocycles. The molecule has 5 nitrogen and oxygen atoms in total. The van der Waals surface area contributed by atoms with E-state index >= 15 is 0 Å². The highest BCUT2D eigenvalue weighted by Crippen LogP contribution is 2.54. The summed E-state index contributed by atoms with van der Waals surface area (Å²) in [7, 11) is 0. The molecule has 23 heavy (non-hydrogen) atoms. The highest BCUT2D eigenvalue weighted by molar-refractivity contribution is 6.08. The van der Waals surface area contributed by atoms with Crippen molar-refractivity contribution in [2.75, 3.05) is 0 Å². The van der Waals surface area contributed by atoms with Crippen LogP contribution in [-0.4, -0.2) is 27.2 Å². The van der Waals surface area contributed by atoms with Gasteiger partial charge in [-0.2, -0.15) is 0 Å². The van der Waals surface area contributed by atoms with E-state index in [9.17, 15) is 10.1 Å². The molecular weight excluding hydrogens is 290 g/mol. The number of hydrogen-bond acceptors (Lipinski definition) is 4. The standard InChI is InChI=1S/C18H17N3O2/c1-18(2)19-15(12-6-4-3-5-7-12)17-16(20(17)18)13-8-10-14(11-9-13)21(22)23/h3-11,16-17H,1-2H3/t16-,17+,20?/m0/s1. The van der Waals surface area contributed by atoms with Gasteiger partial charge in [-0.15, -0.1) is 0 Å². The highest BCUT2D eigenvalue weighted by Gasteiger charge is 2.62. The van der Waals surface area contributed by atoms with Crippen molar-refractivity contribution in [1.29, 1.82) is 0 Å². The minimum Gasteiger partial charge on any atom is -0.266 e. The predicted molar refractivity (Wildman–Crippen MR) is 88.5 cm³/mol. The molecule has 2 aliphatic heterocycles. The molecule has 0 radical (unpaired) electrons. The average Bonchev–Trinajstić information content (AvgIpc) is 3.23. The second-order valence-electron chi connectivity index (χ2n) is 6.50. The lowest BCUT2D eigenvalue weighted by Crippen LogP contribution is -2.25. The fourth-order valence-corrected chi connectivity index (χ4v) is 3.59. The molecule has 0 spiro atoms. The van der Waals surface area contributed by atoms with E-state index in [1.165, 1.54) is 0 Å².